The van der Waals surface area contributed by atoms with E-state index < -0.39 is 0 Å². The molecule has 0 saturated heterocycles. The van der Waals surface area contributed by atoms with Crippen LogP contribution in [0, 0.1) is 13.8 Å². The highest BCUT2D eigenvalue weighted by Gasteiger charge is 2.16. The molecule has 0 atom stereocenters. The van der Waals surface area contributed by atoms with Gasteiger partial charge in [0.05, 0.1) is 12.8 Å². The first-order valence-electron chi connectivity index (χ1n) is 5.85. The molecule has 2 aromatic heterocycles. The van der Waals surface area contributed by atoms with Gasteiger partial charge >= 0.3 is 0 Å². The van der Waals surface area contributed by atoms with Gasteiger partial charge in [-0.25, -0.2) is 0 Å². The Kier molecular flexibility index (Phi) is 2.67. The molecular formula is C13H14N4OS. The lowest BCUT2D eigenvalue weighted by Crippen LogP contribution is -1.98. The number of ether oxygens (including phenoxy) is 1. The summed E-state index contributed by atoms with van der Waals surface area (Å²) in [6.07, 6.45) is 0. The summed E-state index contributed by atoms with van der Waals surface area (Å²) in [5.74, 6) is 1.26. The van der Waals surface area contributed by atoms with Gasteiger partial charge in [0.1, 0.15) is 5.75 Å². The quantitative estimate of drug-likeness (QED) is 0.780. The Bertz CT molecular complexity index is 759. The number of rotatable bonds is 2. The van der Waals surface area contributed by atoms with E-state index in [1.807, 2.05) is 16.7 Å². The minimum Gasteiger partial charge on any atom is -0.496 e. The van der Waals surface area contributed by atoms with Crippen molar-refractivity contribution in [3.05, 3.63) is 28.6 Å². The number of hydrogen-bond donors (Lipinski definition) is 1. The zero-order valence-corrected chi connectivity index (χ0v) is 11.8. The third-order valence-corrected chi connectivity index (χ3v) is 3.89. The van der Waals surface area contributed by atoms with E-state index in [9.17, 15) is 0 Å². The van der Waals surface area contributed by atoms with E-state index in [0.717, 1.165) is 27.5 Å². The summed E-state index contributed by atoms with van der Waals surface area (Å²) >= 11 is 1.51. The molecule has 98 valence electrons. The van der Waals surface area contributed by atoms with Crippen molar-refractivity contribution in [3.63, 3.8) is 0 Å². The molecule has 0 aliphatic heterocycles. The van der Waals surface area contributed by atoms with Gasteiger partial charge in [-0.2, -0.15) is 0 Å². The van der Waals surface area contributed by atoms with Crippen LogP contribution in [0.2, 0.25) is 0 Å². The molecule has 5 nitrogen and oxygen atoms in total. The first kappa shape index (κ1) is 12.0. The summed E-state index contributed by atoms with van der Waals surface area (Å²) < 4.78 is 7.38. The molecule has 19 heavy (non-hydrogen) atoms. The van der Waals surface area contributed by atoms with Crippen LogP contribution in [0.4, 0.5) is 5.95 Å². The van der Waals surface area contributed by atoms with Crippen LogP contribution in [0.3, 0.4) is 0 Å². The van der Waals surface area contributed by atoms with Crippen LogP contribution in [0.15, 0.2) is 17.5 Å². The van der Waals surface area contributed by atoms with Crippen LogP contribution in [-0.4, -0.2) is 21.7 Å². The van der Waals surface area contributed by atoms with Crippen LogP contribution >= 0.6 is 11.3 Å². The second kappa shape index (κ2) is 4.24. The lowest BCUT2D eigenvalue weighted by Gasteiger charge is -2.12. The molecule has 0 radical (unpaired) electrons. The Morgan fingerprint density at radius 2 is 2.05 bits per heavy atom. The van der Waals surface area contributed by atoms with Crippen LogP contribution in [0.25, 0.3) is 16.2 Å². The maximum absolute atomic E-state index is 5.88. The highest BCUT2D eigenvalue weighted by molar-refractivity contribution is 7.15. The van der Waals surface area contributed by atoms with E-state index >= 15 is 0 Å². The number of nitrogens with two attached hydrogens (primary N) is 1. The van der Waals surface area contributed by atoms with Crippen molar-refractivity contribution in [1.82, 2.24) is 14.6 Å². The number of hydrogen-bond acceptors (Lipinski definition) is 5. The second-order valence-corrected chi connectivity index (χ2v) is 5.30. The fourth-order valence-electron chi connectivity index (χ4n) is 2.34. The maximum atomic E-state index is 5.88. The molecule has 0 amide bonds. The fourth-order valence-corrected chi connectivity index (χ4v) is 3.18. The van der Waals surface area contributed by atoms with E-state index in [0.29, 0.717) is 5.95 Å². The van der Waals surface area contributed by atoms with E-state index in [2.05, 4.69) is 29.3 Å². The van der Waals surface area contributed by atoms with E-state index in [1.165, 1.54) is 16.9 Å². The summed E-state index contributed by atoms with van der Waals surface area (Å²) in [4.78, 5) is 0.786. The summed E-state index contributed by atoms with van der Waals surface area (Å²) in [5, 5.41) is 9.96. The Hall–Kier alpha value is -2.08. The molecule has 0 bridgehead atoms. The van der Waals surface area contributed by atoms with Crippen LogP contribution in [-0.2, 0) is 0 Å². The zero-order chi connectivity index (χ0) is 13.6. The molecular weight excluding hydrogens is 260 g/mol. The van der Waals surface area contributed by atoms with Crippen molar-refractivity contribution in [1.29, 1.82) is 0 Å². The zero-order valence-electron chi connectivity index (χ0n) is 11.0. The highest BCUT2D eigenvalue weighted by atomic mass is 32.1. The van der Waals surface area contributed by atoms with Gasteiger partial charge in [0.2, 0.25) is 10.9 Å². The van der Waals surface area contributed by atoms with Gasteiger partial charge in [-0.3, -0.25) is 4.40 Å². The number of anilines is 1. The molecule has 0 unspecified atom stereocenters. The van der Waals surface area contributed by atoms with Gasteiger partial charge in [0.15, 0.2) is 0 Å². The average Bonchev–Trinajstić information content (AvgIpc) is 2.92. The summed E-state index contributed by atoms with van der Waals surface area (Å²) in [6.45, 7) is 4.10. The smallest absolute Gasteiger partial charge is 0.227 e. The summed E-state index contributed by atoms with van der Waals surface area (Å²) in [6, 6.07) is 4.19. The molecule has 6 heteroatoms. The summed E-state index contributed by atoms with van der Waals surface area (Å²) in [5.41, 5.74) is 10.1. The minimum atomic E-state index is 0.396. The van der Waals surface area contributed by atoms with Crippen LogP contribution in [0.1, 0.15) is 11.1 Å². The number of aryl methyl sites for hydroxylation is 2. The number of fused-ring (bicyclic) bond motifs is 1. The predicted octanol–water partition coefficient (Wildman–Crippen LogP) is 2.67. The minimum absolute atomic E-state index is 0.396. The number of methoxy groups -OCH3 is 1. The van der Waals surface area contributed by atoms with Crippen molar-refractivity contribution < 1.29 is 4.74 Å². The molecule has 0 fully saturated rings. The molecule has 0 spiro atoms. The lowest BCUT2D eigenvalue weighted by molar-refractivity contribution is 0.413. The first-order valence-corrected chi connectivity index (χ1v) is 6.73. The third-order valence-electron chi connectivity index (χ3n) is 3.07. The highest BCUT2D eigenvalue weighted by Crippen LogP contribution is 2.36. The second-order valence-electron chi connectivity index (χ2n) is 4.46. The van der Waals surface area contributed by atoms with Gasteiger partial charge in [0.25, 0.3) is 0 Å². The van der Waals surface area contributed by atoms with Crippen molar-refractivity contribution in [2.75, 3.05) is 12.8 Å². The number of nitrogens with zero attached hydrogens (tertiary/aromatic N) is 3. The summed E-state index contributed by atoms with van der Waals surface area (Å²) in [7, 11) is 1.68. The average molecular weight is 274 g/mol. The Labute approximate surface area is 114 Å². The molecule has 0 aliphatic carbocycles. The third kappa shape index (κ3) is 1.76. The van der Waals surface area contributed by atoms with E-state index in [-0.39, 0.29) is 0 Å². The van der Waals surface area contributed by atoms with E-state index in [4.69, 9.17) is 10.5 Å². The molecule has 2 heterocycles. The van der Waals surface area contributed by atoms with Crippen molar-refractivity contribution in [2.24, 2.45) is 0 Å². The van der Waals surface area contributed by atoms with Gasteiger partial charge in [-0.1, -0.05) is 6.07 Å². The van der Waals surface area contributed by atoms with Crippen LogP contribution in [0.5, 0.6) is 5.75 Å². The fraction of sp³-hybridized carbons (Fsp3) is 0.231. The van der Waals surface area contributed by atoms with Crippen molar-refractivity contribution >= 4 is 22.2 Å². The van der Waals surface area contributed by atoms with Crippen molar-refractivity contribution in [2.45, 2.75) is 13.8 Å². The molecule has 1 aromatic carbocycles. The standard InChI is InChI=1S/C13H14N4OS/c1-7-4-8(2)11(18-3)9(5-7)10-6-19-13-16-15-12(14)17(10)13/h4-6H,1-3H3,(H2,14,15). The SMILES string of the molecule is COc1c(C)cc(C)cc1-c1csc2nnc(N)n12. The predicted molar refractivity (Wildman–Crippen MR) is 76.7 cm³/mol. The number of aromatic nitrogens is 3. The number of thiazole rings is 1. The van der Waals surface area contributed by atoms with E-state index in [1.54, 1.807) is 7.11 Å². The molecule has 3 rings (SSSR count). The monoisotopic (exact) mass is 274 g/mol. The molecule has 0 saturated carbocycles. The molecule has 3 aromatic rings. The van der Waals surface area contributed by atoms with Gasteiger partial charge in [0, 0.05) is 10.9 Å². The number of nitrogen functional groups attached to an aromatic ring is 1. The lowest BCUT2D eigenvalue weighted by atomic mass is 10.0. The maximum Gasteiger partial charge on any atom is 0.227 e. The topological polar surface area (TPSA) is 65.4 Å². The normalized spacial score (nSPS) is 11.1. The number of benzene rings is 1. The van der Waals surface area contributed by atoms with Gasteiger partial charge in [-0.05, 0) is 31.0 Å². The first-order chi connectivity index (χ1) is 9.11. The molecule has 0 aliphatic rings. The van der Waals surface area contributed by atoms with Crippen molar-refractivity contribution in [3.8, 4) is 17.0 Å². The largest absolute Gasteiger partial charge is 0.496 e. The van der Waals surface area contributed by atoms with Gasteiger partial charge in [-0.15, -0.1) is 21.5 Å². The van der Waals surface area contributed by atoms with Crippen LogP contribution < -0.4 is 10.5 Å². The Morgan fingerprint density at radius 1 is 1.26 bits per heavy atom. The molecule has 2 N–H and O–H groups in total. The Morgan fingerprint density at radius 3 is 2.79 bits per heavy atom. The van der Waals surface area contributed by atoms with Gasteiger partial charge < -0.3 is 10.5 Å². The Balaban J connectivity index is 2.35.